The van der Waals surface area contributed by atoms with E-state index in [2.05, 4.69) is 29.4 Å². The fourth-order valence-corrected chi connectivity index (χ4v) is 1.89. The average molecular weight is 185 g/mol. The smallest absolute Gasteiger partial charge is 0.134 e. The lowest BCUT2D eigenvalue weighted by molar-refractivity contribution is 0.639. The van der Waals surface area contributed by atoms with Gasteiger partial charge in [-0.3, -0.25) is 0 Å². The summed E-state index contributed by atoms with van der Waals surface area (Å²) < 4.78 is 0. The highest BCUT2D eigenvalue weighted by atomic mass is 32.1. The molecule has 1 aromatic heterocycles. The van der Waals surface area contributed by atoms with Crippen molar-refractivity contribution >= 4 is 11.3 Å². The van der Waals surface area contributed by atoms with Crippen LogP contribution in [0.1, 0.15) is 36.3 Å². The van der Waals surface area contributed by atoms with E-state index in [1.54, 1.807) is 11.3 Å². The lowest BCUT2D eigenvalue weighted by Crippen LogP contribution is -2.11. The van der Waals surface area contributed by atoms with E-state index in [1.165, 1.54) is 0 Å². The van der Waals surface area contributed by atoms with E-state index in [1.807, 2.05) is 7.05 Å². The molecule has 0 radical (unpaired) electrons. The summed E-state index contributed by atoms with van der Waals surface area (Å²) in [5.41, 5.74) is 0. The Balaban J connectivity index is 2.63. The third kappa shape index (κ3) is 2.25. The molecule has 1 atom stereocenters. The van der Waals surface area contributed by atoms with Gasteiger partial charge in [-0.05, 0) is 20.4 Å². The lowest BCUT2D eigenvalue weighted by Gasteiger charge is -2.02. The molecule has 1 aromatic rings. The van der Waals surface area contributed by atoms with Crippen molar-refractivity contribution in [2.75, 3.05) is 7.05 Å². The quantitative estimate of drug-likeness (QED) is 0.777. The van der Waals surface area contributed by atoms with Crippen molar-refractivity contribution < 1.29 is 0 Å². The van der Waals surface area contributed by atoms with Gasteiger partial charge < -0.3 is 5.32 Å². The summed E-state index contributed by atoms with van der Waals surface area (Å²) >= 11 is 1.71. The predicted molar refractivity (Wildman–Crippen MR) is 51.4 cm³/mol. The van der Waals surface area contributed by atoms with Crippen LogP contribution in [-0.2, 0) is 6.42 Å². The summed E-state index contributed by atoms with van der Waals surface area (Å²) in [5.74, 6) is 0. The Morgan fingerprint density at radius 1 is 1.50 bits per heavy atom. The first-order valence-corrected chi connectivity index (χ1v) is 5.09. The Kier molecular flexibility index (Phi) is 3.62. The highest BCUT2D eigenvalue weighted by Crippen LogP contribution is 2.17. The molecule has 0 saturated heterocycles. The molecule has 0 aliphatic rings. The molecule has 68 valence electrons. The molecule has 0 spiro atoms. The molecule has 0 aliphatic heterocycles. The normalized spacial score (nSPS) is 13.2. The molecule has 0 aliphatic carbocycles. The summed E-state index contributed by atoms with van der Waals surface area (Å²) in [6, 6.07) is 0.327. The molecule has 3 nitrogen and oxygen atoms in total. The Morgan fingerprint density at radius 3 is 2.83 bits per heavy atom. The maximum Gasteiger partial charge on any atom is 0.134 e. The molecule has 1 unspecified atom stereocenters. The highest BCUT2D eigenvalue weighted by molar-refractivity contribution is 7.11. The van der Waals surface area contributed by atoms with Crippen molar-refractivity contribution in [2.45, 2.75) is 32.7 Å². The zero-order valence-corrected chi connectivity index (χ0v) is 8.61. The molecule has 0 saturated carbocycles. The minimum atomic E-state index is 0.327. The van der Waals surface area contributed by atoms with E-state index < -0.39 is 0 Å². The van der Waals surface area contributed by atoms with Gasteiger partial charge in [0, 0.05) is 6.42 Å². The maximum absolute atomic E-state index is 4.11. The molecule has 1 heterocycles. The number of hydrogen-bond donors (Lipinski definition) is 1. The Bertz CT molecular complexity index is 234. The van der Waals surface area contributed by atoms with Gasteiger partial charge in [-0.15, -0.1) is 10.2 Å². The van der Waals surface area contributed by atoms with Crippen LogP contribution in [0.5, 0.6) is 0 Å². The second-order valence-corrected chi connectivity index (χ2v) is 3.89. The fourth-order valence-electron chi connectivity index (χ4n) is 0.880. The van der Waals surface area contributed by atoms with Crippen LogP contribution >= 0.6 is 11.3 Å². The van der Waals surface area contributed by atoms with Crippen molar-refractivity contribution in [1.29, 1.82) is 0 Å². The summed E-state index contributed by atoms with van der Waals surface area (Å²) in [7, 11) is 1.94. The molecule has 0 amide bonds. The summed E-state index contributed by atoms with van der Waals surface area (Å²) in [6.07, 6.45) is 2.19. The van der Waals surface area contributed by atoms with Gasteiger partial charge in [0.25, 0.3) is 0 Å². The van der Waals surface area contributed by atoms with E-state index in [4.69, 9.17) is 0 Å². The molecule has 0 fully saturated rings. The topological polar surface area (TPSA) is 37.8 Å². The summed E-state index contributed by atoms with van der Waals surface area (Å²) in [5, 5.41) is 13.6. The second-order valence-electron chi connectivity index (χ2n) is 2.79. The van der Waals surface area contributed by atoms with E-state index in [9.17, 15) is 0 Å². The lowest BCUT2D eigenvalue weighted by atomic mass is 10.4. The van der Waals surface area contributed by atoms with Crippen molar-refractivity contribution in [1.82, 2.24) is 15.5 Å². The van der Waals surface area contributed by atoms with E-state index in [0.29, 0.717) is 6.04 Å². The minimum absolute atomic E-state index is 0.327. The second kappa shape index (κ2) is 4.52. The van der Waals surface area contributed by atoms with Crippen LogP contribution in [0.4, 0.5) is 0 Å². The van der Waals surface area contributed by atoms with Gasteiger partial charge in [-0.1, -0.05) is 18.3 Å². The standard InChI is InChI=1S/C8H15N3S/c1-4-5-7-10-11-8(12-7)6(2)9-3/h6,9H,4-5H2,1-3H3. The van der Waals surface area contributed by atoms with Crippen molar-refractivity contribution in [3.63, 3.8) is 0 Å². The first kappa shape index (κ1) is 9.61. The van der Waals surface area contributed by atoms with Crippen LogP contribution in [0.3, 0.4) is 0 Å². The molecule has 0 aromatic carbocycles. The Labute approximate surface area is 77.2 Å². The minimum Gasteiger partial charge on any atom is -0.311 e. The number of nitrogens with zero attached hydrogens (tertiary/aromatic N) is 2. The SMILES string of the molecule is CCCc1nnc(C(C)NC)s1. The average Bonchev–Trinajstić information content (AvgIpc) is 2.52. The first-order valence-electron chi connectivity index (χ1n) is 4.27. The monoisotopic (exact) mass is 185 g/mol. The van der Waals surface area contributed by atoms with Gasteiger partial charge in [-0.25, -0.2) is 0 Å². The van der Waals surface area contributed by atoms with Gasteiger partial charge >= 0.3 is 0 Å². The zero-order valence-electron chi connectivity index (χ0n) is 7.79. The third-order valence-corrected chi connectivity index (χ3v) is 2.92. The van der Waals surface area contributed by atoms with E-state index in [0.717, 1.165) is 22.9 Å². The largest absolute Gasteiger partial charge is 0.311 e. The van der Waals surface area contributed by atoms with E-state index >= 15 is 0 Å². The number of hydrogen-bond acceptors (Lipinski definition) is 4. The van der Waals surface area contributed by atoms with Crippen molar-refractivity contribution in [3.05, 3.63) is 10.0 Å². The van der Waals surface area contributed by atoms with Crippen LogP contribution in [-0.4, -0.2) is 17.2 Å². The maximum atomic E-state index is 4.11. The van der Waals surface area contributed by atoms with Crippen LogP contribution in [0.15, 0.2) is 0 Å². The van der Waals surface area contributed by atoms with Crippen LogP contribution in [0, 0.1) is 0 Å². The molecule has 0 bridgehead atoms. The number of aromatic nitrogens is 2. The number of nitrogens with one attached hydrogen (secondary N) is 1. The molecular weight excluding hydrogens is 170 g/mol. The highest BCUT2D eigenvalue weighted by Gasteiger charge is 2.08. The number of rotatable bonds is 4. The number of aryl methyl sites for hydroxylation is 1. The van der Waals surface area contributed by atoms with Gasteiger partial charge in [-0.2, -0.15) is 0 Å². The predicted octanol–water partition coefficient (Wildman–Crippen LogP) is 1.77. The zero-order chi connectivity index (χ0) is 8.97. The Morgan fingerprint density at radius 2 is 2.25 bits per heavy atom. The Hall–Kier alpha value is -0.480. The summed E-state index contributed by atoms with van der Waals surface area (Å²) in [6.45, 7) is 4.25. The van der Waals surface area contributed by atoms with Crippen LogP contribution in [0.25, 0.3) is 0 Å². The van der Waals surface area contributed by atoms with Gasteiger partial charge in [0.1, 0.15) is 10.0 Å². The van der Waals surface area contributed by atoms with E-state index in [-0.39, 0.29) is 0 Å². The van der Waals surface area contributed by atoms with Gasteiger partial charge in [0.05, 0.1) is 6.04 Å². The first-order chi connectivity index (χ1) is 5.77. The van der Waals surface area contributed by atoms with Crippen molar-refractivity contribution in [2.24, 2.45) is 0 Å². The molecule has 1 rings (SSSR count). The molecule has 4 heteroatoms. The van der Waals surface area contributed by atoms with Crippen LogP contribution < -0.4 is 5.32 Å². The van der Waals surface area contributed by atoms with Crippen LogP contribution in [0.2, 0.25) is 0 Å². The molecule has 12 heavy (non-hydrogen) atoms. The molecule has 1 N–H and O–H groups in total. The van der Waals surface area contributed by atoms with Gasteiger partial charge in [0.15, 0.2) is 0 Å². The third-order valence-electron chi connectivity index (χ3n) is 1.75. The summed E-state index contributed by atoms with van der Waals surface area (Å²) in [4.78, 5) is 0. The van der Waals surface area contributed by atoms with Crippen molar-refractivity contribution in [3.8, 4) is 0 Å². The van der Waals surface area contributed by atoms with Gasteiger partial charge in [0.2, 0.25) is 0 Å². The molecular formula is C8H15N3S. The fraction of sp³-hybridized carbons (Fsp3) is 0.750.